The van der Waals surface area contributed by atoms with Crippen LogP contribution in [0.3, 0.4) is 0 Å². The van der Waals surface area contributed by atoms with Gasteiger partial charge in [-0.15, -0.1) is 0 Å². The number of ether oxygens (including phenoxy) is 1. The van der Waals surface area contributed by atoms with Crippen LogP contribution in [0.1, 0.15) is 39.5 Å². The van der Waals surface area contributed by atoms with Crippen LogP contribution in [0.25, 0.3) is 0 Å². The van der Waals surface area contributed by atoms with Crippen LogP contribution in [0.5, 0.6) is 0 Å². The summed E-state index contributed by atoms with van der Waals surface area (Å²) in [7, 11) is 1.63. The molecule has 0 aromatic carbocycles. The predicted octanol–water partition coefficient (Wildman–Crippen LogP) is 2.17. The van der Waals surface area contributed by atoms with Gasteiger partial charge in [0.15, 0.2) is 6.29 Å². The maximum absolute atomic E-state index is 10.9. The molecule has 0 bridgehead atoms. The average molecular weight is 170 g/mol. The Bertz CT molecular complexity index is 175. The summed E-state index contributed by atoms with van der Waals surface area (Å²) in [6.45, 7) is 4.40. The number of rotatable bonds is 2. The first-order chi connectivity index (χ1) is 5.54. The van der Waals surface area contributed by atoms with Crippen molar-refractivity contribution in [3.05, 3.63) is 0 Å². The second kappa shape index (κ2) is 3.17. The maximum atomic E-state index is 10.9. The van der Waals surface area contributed by atoms with E-state index in [0.29, 0.717) is 0 Å². The van der Waals surface area contributed by atoms with E-state index in [1.807, 2.05) is 0 Å². The van der Waals surface area contributed by atoms with E-state index in [1.165, 1.54) is 6.42 Å². The van der Waals surface area contributed by atoms with Crippen molar-refractivity contribution in [3.63, 3.8) is 0 Å². The topological polar surface area (TPSA) is 26.3 Å². The molecule has 1 atom stereocenters. The molecule has 70 valence electrons. The van der Waals surface area contributed by atoms with Gasteiger partial charge in [-0.25, -0.2) is 0 Å². The zero-order valence-corrected chi connectivity index (χ0v) is 8.22. The van der Waals surface area contributed by atoms with E-state index in [0.717, 1.165) is 25.5 Å². The summed E-state index contributed by atoms with van der Waals surface area (Å²) < 4.78 is 5.30. The van der Waals surface area contributed by atoms with Crippen molar-refractivity contribution in [2.45, 2.75) is 45.1 Å². The summed E-state index contributed by atoms with van der Waals surface area (Å²) in [6, 6.07) is 0. The standard InChI is InChI=1S/C10H18O2/c1-9(2)5-4-6-10(7-9,8-11)12-3/h8H,4-7H2,1-3H3. The van der Waals surface area contributed by atoms with Gasteiger partial charge in [-0.1, -0.05) is 13.8 Å². The van der Waals surface area contributed by atoms with Crippen LogP contribution in [0.15, 0.2) is 0 Å². The van der Waals surface area contributed by atoms with E-state index in [-0.39, 0.29) is 5.41 Å². The molecular weight excluding hydrogens is 152 g/mol. The maximum Gasteiger partial charge on any atom is 0.151 e. The molecule has 12 heavy (non-hydrogen) atoms. The van der Waals surface area contributed by atoms with Crippen LogP contribution in [-0.2, 0) is 9.53 Å². The summed E-state index contributed by atoms with van der Waals surface area (Å²) in [4.78, 5) is 10.9. The van der Waals surface area contributed by atoms with E-state index in [9.17, 15) is 4.79 Å². The highest BCUT2D eigenvalue weighted by Gasteiger charge is 2.39. The van der Waals surface area contributed by atoms with Gasteiger partial charge in [0.1, 0.15) is 5.60 Å². The summed E-state index contributed by atoms with van der Waals surface area (Å²) in [6.07, 6.45) is 5.02. The Kier molecular flexibility index (Phi) is 2.57. The largest absolute Gasteiger partial charge is 0.371 e. The van der Waals surface area contributed by atoms with E-state index >= 15 is 0 Å². The molecule has 2 nitrogen and oxygen atoms in total. The molecule has 2 heteroatoms. The fourth-order valence-electron chi connectivity index (χ4n) is 2.18. The number of carbonyl (C=O) groups is 1. The van der Waals surface area contributed by atoms with E-state index < -0.39 is 5.60 Å². The molecule has 0 aromatic rings. The van der Waals surface area contributed by atoms with Gasteiger partial charge < -0.3 is 9.53 Å². The first-order valence-corrected chi connectivity index (χ1v) is 4.55. The molecule has 1 fully saturated rings. The molecule has 0 amide bonds. The molecular formula is C10H18O2. The zero-order valence-electron chi connectivity index (χ0n) is 8.22. The quantitative estimate of drug-likeness (QED) is 0.594. The lowest BCUT2D eigenvalue weighted by atomic mass is 9.70. The van der Waals surface area contributed by atoms with E-state index in [1.54, 1.807) is 7.11 Å². The molecule has 1 aliphatic rings. The molecule has 1 rings (SSSR count). The lowest BCUT2D eigenvalue weighted by Gasteiger charge is -2.40. The molecule has 1 unspecified atom stereocenters. The number of hydrogen-bond donors (Lipinski definition) is 0. The SMILES string of the molecule is COC1(C=O)CCCC(C)(C)C1. The third kappa shape index (κ3) is 1.86. The van der Waals surface area contributed by atoms with Gasteiger partial charge in [0.2, 0.25) is 0 Å². The van der Waals surface area contributed by atoms with Crippen LogP contribution in [-0.4, -0.2) is 19.0 Å². The van der Waals surface area contributed by atoms with Crippen LogP contribution in [0.4, 0.5) is 0 Å². The minimum Gasteiger partial charge on any atom is -0.371 e. The average Bonchev–Trinajstić information content (AvgIpc) is 2.02. The highest BCUT2D eigenvalue weighted by atomic mass is 16.5. The molecule has 0 aliphatic heterocycles. The molecule has 0 spiro atoms. The van der Waals surface area contributed by atoms with Gasteiger partial charge in [0.05, 0.1) is 0 Å². The first-order valence-electron chi connectivity index (χ1n) is 4.55. The Morgan fingerprint density at radius 1 is 1.33 bits per heavy atom. The monoisotopic (exact) mass is 170 g/mol. The number of hydrogen-bond acceptors (Lipinski definition) is 2. The van der Waals surface area contributed by atoms with Gasteiger partial charge in [-0.3, -0.25) is 0 Å². The van der Waals surface area contributed by atoms with Crippen LogP contribution in [0.2, 0.25) is 0 Å². The Morgan fingerprint density at radius 2 is 2.00 bits per heavy atom. The smallest absolute Gasteiger partial charge is 0.151 e. The molecule has 0 saturated heterocycles. The lowest BCUT2D eigenvalue weighted by Crippen LogP contribution is -2.41. The minimum absolute atomic E-state index is 0.259. The van der Waals surface area contributed by atoms with Crippen molar-refractivity contribution < 1.29 is 9.53 Å². The van der Waals surface area contributed by atoms with Gasteiger partial charge in [0.25, 0.3) is 0 Å². The zero-order chi connectivity index (χ0) is 9.24. The number of methoxy groups -OCH3 is 1. The highest BCUT2D eigenvalue weighted by Crippen LogP contribution is 2.41. The van der Waals surface area contributed by atoms with Crippen molar-refractivity contribution in [2.75, 3.05) is 7.11 Å². The fraction of sp³-hybridized carbons (Fsp3) is 0.900. The Hall–Kier alpha value is -0.370. The second-order valence-electron chi connectivity index (χ2n) is 4.58. The summed E-state index contributed by atoms with van der Waals surface area (Å²) in [5, 5.41) is 0. The summed E-state index contributed by atoms with van der Waals surface area (Å²) in [5.74, 6) is 0. The van der Waals surface area contributed by atoms with Crippen molar-refractivity contribution in [1.29, 1.82) is 0 Å². The van der Waals surface area contributed by atoms with Crippen molar-refractivity contribution in [3.8, 4) is 0 Å². The highest BCUT2D eigenvalue weighted by molar-refractivity contribution is 5.62. The minimum atomic E-state index is -0.484. The van der Waals surface area contributed by atoms with Crippen LogP contribution < -0.4 is 0 Å². The second-order valence-corrected chi connectivity index (χ2v) is 4.58. The molecule has 0 N–H and O–H groups in total. The third-order valence-corrected chi connectivity index (χ3v) is 2.85. The number of carbonyl (C=O) groups excluding carboxylic acids is 1. The van der Waals surface area contributed by atoms with Gasteiger partial charge in [-0.2, -0.15) is 0 Å². The van der Waals surface area contributed by atoms with Crippen LogP contribution in [0, 0.1) is 5.41 Å². The normalized spacial score (nSPS) is 34.6. The van der Waals surface area contributed by atoms with Gasteiger partial charge in [-0.05, 0) is 31.1 Å². The van der Waals surface area contributed by atoms with Crippen LogP contribution >= 0.6 is 0 Å². The number of aldehydes is 1. The Balaban J connectivity index is 2.72. The molecule has 1 saturated carbocycles. The molecule has 0 heterocycles. The van der Waals surface area contributed by atoms with E-state index in [2.05, 4.69) is 13.8 Å². The molecule has 1 aliphatic carbocycles. The van der Waals surface area contributed by atoms with Crippen molar-refractivity contribution in [1.82, 2.24) is 0 Å². The molecule has 0 aromatic heterocycles. The van der Waals surface area contributed by atoms with Crippen molar-refractivity contribution in [2.24, 2.45) is 5.41 Å². The van der Waals surface area contributed by atoms with Gasteiger partial charge in [0, 0.05) is 7.11 Å². The fourth-order valence-corrected chi connectivity index (χ4v) is 2.18. The third-order valence-electron chi connectivity index (χ3n) is 2.85. The molecule has 0 radical (unpaired) electrons. The van der Waals surface area contributed by atoms with Gasteiger partial charge >= 0.3 is 0 Å². The summed E-state index contributed by atoms with van der Waals surface area (Å²) in [5.41, 5.74) is -0.225. The predicted molar refractivity (Wildman–Crippen MR) is 48.1 cm³/mol. The lowest BCUT2D eigenvalue weighted by molar-refractivity contribution is -0.136. The van der Waals surface area contributed by atoms with Crippen molar-refractivity contribution >= 4 is 6.29 Å². The Labute approximate surface area is 74.3 Å². The van der Waals surface area contributed by atoms with E-state index in [4.69, 9.17) is 4.74 Å². The first kappa shape index (κ1) is 9.72. The Morgan fingerprint density at radius 3 is 2.33 bits per heavy atom. The summed E-state index contributed by atoms with van der Waals surface area (Å²) >= 11 is 0.